The van der Waals surface area contributed by atoms with Gasteiger partial charge in [0.05, 0.1) is 7.11 Å². The molecule has 0 aromatic carbocycles. The van der Waals surface area contributed by atoms with Crippen LogP contribution in [0.3, 0.4) is 0 Å². The summed E-state index contributed by atoms with van der Waals surface area (Å²) < 4.78 is 4.75. The van der Waals surface area contributed by atoms with Crippen LogP contribution in [0.2, 0.25) is 0 Å². The molecule has 0 N–H and O–H groups in total. The van der Waals surface area contributed by atoms with Crippen molar-refractivity contribution in [3.8, 4) is 0 Å². The number of thiazole rings is 1. The van der Waals surface area contributed by atoms with Gasteiger partial charge in [0.1, 0.15) is 0 Å². The molecule has 0 radical (unpaired) electrons. The molecule has 0 aliphatic carbocycles. The minimum absolute atomic E-state index is 0.338. The molecule has 1 aliphatic rings. The number of hydrogen-bond acceptors (Lipinski definition) is 5. The molecule has 0 spiro atoms. The maximum Gasteiger partial charge on any atom is 0.357 e. The molecule has 0 bridgehead atoms. The Morgan fingerprint density at radius 2 is 2.11 bits per heavy atom. The van der Waals surface area contributed by atoms with E-state index in [4.69, 9.17) is 4.74 Å². The van der Waals surface area contributed by atoms with Gasteiger partial charge < -0.3 is 9.64 Å². The van der Waals surface area contributed by atoms with Crippen LogP contribution in [-0.4, -0.2) is 31.2 Å². The molecule has 2 rings (SSSR count). The summed E-state index contributed by atoms with van der Waals surface area (Å²) in [5.41, 5.74) is 0.930. The molecule has 0 amide bonds. The Morgan fingerprint density at radius 3 is 2.63 bits per heavy atom. The maximum atomic E-state index is 11.6. The van der Waals surface area contributed by atoms with Gasteiger partial charge in [0, 0.05) is 18.0 Å². The van der Waals surface area contributed by atoms with E-state index >= 15 is 0 Å². The molecule has 1 aromatic heterocycles. The Balaban J connectivity index is 2.10. The van der Waals surface area contributed by atoms with Crippen molar-refractivity contribution in [3.05, 3.63) is 10.6 Å². The molecule has 1 saturated heterocycles. The van der Waals surface area contributed by atoms with Crippen LogP contribution < -0.4 is 4.90 Å². The van der Waals surface area contributed by atoms with Gasteiger partial charge in [-0.2, -0.15) is 0 Å². The Kier molecular flexibility index (Phi) is 4.13. The molecule has 1 fully saturated rings. The van der Waals surface area contributed by atoms with Gasteiger partial charge in [0.15, 0.2) is 10.8 Å². The van der Waals surface area contributed by atoms with Crippen LogP contribution in [0.15, 0.2) is 0 Å². The van der Waals surface area contributed by atoms with Crippen LogP contribution >= 0.6 is 11.3 Å². The third-order valence-corrected chi connectivity index (χ3v) is 5.29. The third kappa shape index (κ3) is 2.91. The van der Waals surface area contributed by atoms with Crippen LogP contribution in [0.25, 0.3) is 0 Å². The van der Waals surface area contributed by atoms with E-state index in [1.165, 1.54) is 26.4 Å². The fourth-order valence-corrected chi connectivity index (χ4v) is 3.34. The van der Waals surface area contributed by atoms with Gasteiger partial charge in [-0.05, 0) is 25.2 Å². The van der Waals surface area contributed by atoms with Gasteiger partial charge in [0.25, 0.3) is 0 Å². The van der Waals surface area contributed by atoms with E-state index in [1.54, 1.807) is 11.3 Å². The lowest BCUT2D eigenvalue weighted by Gasteiger charge is -2.38. The maximum absolute atomic E-state index is 11.6. The van der Waals surface area contributed by atoms with E-state index in [-0.39, 0.29) is 5.97 Å². The number of hydrogen-bond donors (Lipinski definition) is 0. The van der Waals surface area contributed by atoms with Gasteiger partial charge in [-0.3, -0.25) is 0 Å². The Bertz CT molecular complexity index is 462. The molecular formula is C14H22N2O2S. The smallest absolute Gasteiger partial charge is 0.357 e. The number of aromatic nitrogens is 1. The summed E-state index contributed by atoms with van der Waals surface area (Å²) in [7, 11) is 1.40. The van der Waals surface area contributed by atoms with Crippen molar-refractivity contribution in [1.29, 1.82) is 0 Å². The van der Waals surface area contributed by atoms with Crippen molar-refractivity contribution in [2.45, 2.75) is 40.0 Å². The number of methoxy groups -OCH3 is 1. The van der Waals surface area contributed by atoms with E-state index in [0.717, 1.165) is 23.1 Å². The molecule has 0 unspecified atom stereocenters. The summed E-state index contributed by atoms with van der Waals surface area (Å²) >= 11 is 1.59. The van der Waals surface area contributed by atoms with E-state index < -0.39 is 0 Å². The summed E-state index contributed by atoms with van der Waals surface area (Å²) in [6.45, 7) is 8.60. The van der Waals surface area contributed by atoms with Crippen molar-refractivity contribution in [2.24, 2.45) is 5.41 Å². The summed E-state index contributed by atoms with van der Waals surface area (Å²) in [6.07, 6.45) is 3.61. The molecule has 4 nitrogen and oxygen atoms in total. The number of carbonyl (C=O) groups excluding carboxylic acids is 1. The number of anilines is 1. The number of piperidine rings is 1. The topological polar surface area (TPSA) is 42.4 Å². The second-order valence-electron chi connectivity index (χ2n) is 5.54. The second kappa shape index (κ2) is 5.49. The SMILES string of the molecule is CCC1(C)CCN(c2nc(C(=O)OC)c(C)s2)CC1. The average molecular weight is 282 g/mol. The fourth-order valence-electron chi connectivity index (χ4n) is 2.40. The van der Waals surface area contributed by atoms with Crippen LogP contribution in [0.1, 0.15) is 48.5 Å². The van der Waals surface area contributed by atoms with Crippen molar-refractivity contribution >= 4 is 22.4 Å². The Labute approximate surface area is 118 Å². The van der Waals surface area contributed by atoms with E-state index in [2.05, 4.69) is 23.7 Å². The molecule has 19 heavy (non-hydrogen) atoms. The Morgan fingerprint density at radius 1 is 1.47 bits per heavy atom. The number of ether oxygens (including phenoxy) is 1. The predicted molar refractivity (Wildman–Crippen MR) is 78.0 cm³/mol. The summed E-state index contributed by atoms with van der Waals surface area (Å²) in [4.78, 5) is 19.3. The van der Waals surface area contributed by atoms with Crippen LogP contribution in [0.5, 0.6) is 0 Å². The van der Waals surface area contributed by atoms with E-state index in [9.17, 15) is 4.79 Å². The molecule has 0 atom stereocenters. The first-order chi connectivity index (χ1) is 8.99. The van der Waals surface area contributed by atoms with Gasteiger partial charge in [-0.25, -0.2) is 9.78 Å². The minimum Gasteiger partial charge on any atom is -0.464 e. The quantitative estimate of drug-likeness (QED) is 0.798. The van der Waals surface area contributed by atoms with Crippen molar-refractivity contribution < 1.29 is 9.53 Å². The third-order valence-electron chi connectivity index (χ3n) is 4.26. The first-order valence-corrected chi connectivity index (χ1v) is 7.61. The average Bonchev–Trinajstić information content (AvgIpc) is 2.81. The van der Waals surface area contributed by atoms with Crippen molar-refractivity contribution in [2.75, 3.05) is 25.1 Å². The molecule has 106 valence electrons. The highest BCUT2D eigenvalue weighted by Crippen LogP contribution is 2.37. The first-order valence-electron chi connectivity index (χ1n) is 6.80. The van der Waals surface area contributed by atoms with Gasteiger partial charge >= 0.3 is 5.97 Å². The number of aryl methyl sites for hydroxylation is 1. The molecular weight excluding hydrogens is 260 g/mol. The number of nitrogens with zero attached hydrogens (tertiary/aromatic N) is 2. The number of rotatable bonds is 3. The van der Waals surface area contributed by atoms with E-state index in [0.29, 0.717) is 11.1 Å². The van der Waals surface area contributed by atoms with E-state index in [1.807, 2.05) is 6.92 Å². The van der Waals surface area contributed by atoms with Crippen molar-refractivity contribution in [1.82, 2.24) is 4.98 Å². The Hall–Kier alpha value is -1.10. The lowest BCUT2D eigenvalue weighted by Crippen LogP contribution is -2.38. The zero-order valence-corrected chi connectivity index (χ0v) is 13.0. The number of esters is 1. The molecule has 2 heterocycles. The standard InChI is InChI=1S/C14H22N2O2S/c1-5-14(3)6-8-16(9-7-14)13-15-11(10(2)19-13)12(17)18-4/h5-9H2,1-4H3. The van der Waals surface area contributed by atoms with Crippen LogP contribution in [0.4, 0.5) is 5.13 Å². The lowest BCUT2D eigenvalue weighted by molar-refractivity contribution is 0.0594. The molecule has 1 aromatic rings. The molecule has 5 heteroatoms. The predicted octanol–water partition coefficient (Wildman–Crippen LogP) is 3.25. The van der Waals surface area contributed by atoms with Gasteiger partial charge in [-0.15, -0.1) is 11.3 Å². The number of carbonyl (C=O) groups is 1. The summed E-state index contributed by atoms with van der Waals surface area (Å²) in [5.74, 6) is -0.338. The minimum atomic E-state index is -0.338. The zero-order chi connectivity index (χ0) is 14.0. The lowest BCUT2D eigenvalue weighted by atomic mass is 9.78. The highest BCUT2D eigenvalue weighted by atomic mass is 32.1. The highest BCUT2D eigenvalue weighted by Gasteiger charge is 2.30. The highest BCUT2D eigenvalue weighted by molar-refractivity contribution is 7.15. The molecule has 1 aliphatic heterocycles. The van der Waals surface area contributed by atoms with Gasteiger partial charge in [0.2, 0.25) is 0 Å². The summed E-state index contributed by atoms with van der Waals surface area (Å²) in [6, 6.07) is 0. The van der Waals surface area contributed by atoms with Crippen molar-refractivity contribution in [3.63, 3.8) is 0 Å². The normalized spacial score (nSPS) is 18.4. The van der Waals surface area contributed by atoms with Crippen LogP contribution in [-0.2, 0) is 4.74 Å². The zero-order valence-electron chi connectivity index (χ0n) is 12.2. The first kappa shape index (κ1) is 14.3. The monoisotopic (exact) mass is 282 g/mol. The fraction of sp³-hybridized carbons (Fsp3) is 0.714. The summed E-state index contributed by atoms with van der Waals surface area (Å²) in [5, 5.41) is 0.955. The van der Waals surface area contributed by atoms with Gasteiger partial charge in [-0.1, -0.05) is 20.3 Å². The molecule has 0 saturated carbocycles. The largest absolute Gasteiger partial charge is 0.464 e. The van der Waals surface area contributed by atoms with Crippen LogP contribution in [0, 0.1) is 12.3 Å². The second-order valence-corrected chi connectivity index (χ2v) is 6.73.